The summed E-state index contributed by atoms with van der Waals surface area (Å²) in [6.45, 7) is 4.43. The van der Waals surface area contributed by atoms with Crippen LogP contribution in [0.5, 0.6) is 0 Å². The summed E-state index contributed by atoms with van der Waals surface area (Å²) in [7, 11) is 0. The lowest BCUT2D eigenvalue weighted by Gasteiger charge is -2.36. The monoisotopic (exact) mass is 346 g/mol. The molecule has 0 unspecified atom stereocenters. The minimum Gasteiger partial charge on any atom is -0.381 e. The van der Waals surface area contributed by atoms with Gasteiger partial charge in [0.2, 0.25) is 0 Å². The molecule has 2 rings (SSSR count). The Labute approximate surface area is 126 Å². The average molecular weight is 347 g/mol. The van der Waals surface area contributed by atoms with E-state index in [9.17, 15) is 4.79 Å². The van der Waals surface area contributed by atoms with Gasteiger partial charge in [0, 0.05) is 35.2 Å². The summed E-state index contributed by atoms with van der Waals surface area (Å²) in [5.41, 5.74) is 0.593. The van der Waals surface area contributed by atoms with Gasteiger partial charge in [-0.15, -0.1) is 0 Å². The van der Waals surface area contributed by atoms with Crippen LogP contribution in [0.3, 0.4) is 0 Å². The third-order valence-corrected chi connectivity index (χ3v) is 5.23. The van der Waals surface area contributed by atoms with Crippen LogP contribution in [0, 0.1) is 0 Å². The molecule has 1 amide bonds. The standard InChI is InChI=1S/C13H19BrN2O2S/c1-2-19-13(3-5-18-6-4-13)9-16-12(17)11-7-10(14)8-15-11/h7-8,15H,2-6,9H2,1H3,(H,16,17). The fourth-order valence-electron chi connectivity index (χ4n) is 2.26. The van der Waals surface area contributed by atoms with Crippen LogP contribution in [0.1, 0.15) is 30.3 Å². The zero-order valence-electron chi connectivity index (χ0n) is 11.0. The zero-order chi connectivity index (χ0) is 13.7. The summed E-state index contributed by atoms with van der Waals surface area (Å²) in [6, 6.07) is 1.79. The molecule has 1 aromatic heterocycles. The number of ether oxygens (including phenoxy) is 1. The molecule has 0 radical (unpaired) electrons. The Hall–Kier alpha value is -0.460. The van der Waals surface area contributed by atoms with Crippen molar-refractivity contribution in [2.24, 2.45) is 0 Å². The number of carbonyl (C=O) groups is 1. The Kier molecular flexibility index (Phi) is 5.36. The van der Waals surface area contributed by atoms with Gasteiger partial charge < -0.3 is 15.0 Å². The molecule has 0 aliphatic carbocycles. The van der Waals surface area contributed by atoms with Gasteiger partial charge in [0.05, 0.1) is 0 Å². The van der Waals surface area contributed by atoms with E-state index in [0.717, 1.165) is 36.3 Å². The molecule has 0 saturated carbocycles. The highest BCUT2D eigenvalue weighted by Crippen LogP contribution is 2.34. The largest absolute Gasteiger partial charge is 0.381 e. The Morgan fingerprint density at radius 3 is 2.89 bits per heavy atom. The van der Waals surface area contributed by atoms with Crippen molar-refractivity contribution in [2.45, 2.75) is 24.5 Å². The highest BCUT2D eigenvalue weighted by atomic mass is 79.9. The fraction of sp³-hybridized carbons (Fsp3) is 0.615. The predicted octanol–water partition coefficient (Wildman–Crippen LogP) is 2.81. The molecule has 0 aromatic carbocycles. The molecular weight excluding hydrogens is 328 g/mol. The van der Waals surface area contributed by atoms with Gasteiger partial charge in [-0.05, 0) is 40.6 Å². The summed E-state index contributed by atoms with van der Waals surface area (Å²) >= 11 is 5.26. The third kappa shape index (κ3) is 4.00. The maximum absolute atomic E-state index is 12.0. The van der Waals surface area contributed by atoms with Crippen LogP contribution in [0.25, 0.3) is 0 Å². The van der Waals surface area contributed by atoms with Gasteiger partial charge in [-0.3, -0.25) is 4.79 Å². The van der Waals surface area contributed by atoms with E-state index in [0.29, 0.717) is 12.2 Å². The van der Waals surface area contributed by atoms with E-state index in [1.54, 1.807) is 12.3 Å². The number of aromatic nitrogens is 1. The molecule has 1 aromatic rings. The molecule has 4 nitrogen and oxygen atoms in total. The molecule has 1 aliphatic heterocycles. The maximum atomic E-state index is 12.0. The van der Waals surface area contributed by atoms with E-state index in [4.69, 9.17) is 4.74 Å². The lowest BCUT2D eigenvalue weighted by Crippen LogP contribution is -2.44. The van der Waals surface area contributed by atoms with E-state index in [1.807, 2.05) is 11.8 Å². The van der Waals surface area contributed by atoms with Crippen LogP contribution in [0.2, 0.25) is 0 Å². The zero-order valence-corrected chi connectivity index (χ0v) is 13.4. The van der Waals surface area contributed by atoms with Crippen molar-refractivity contribution in [1.29, 1.82) is 0 Å². The Bertz CT molecular complexity index is 425. The van der Waals surface area contributed by atoms with Crippen molar-refractivity contribution in [2.75, 3.05) is 25.5 Å². The first kappa shape index (κ1) is 14.9. The van der Waals surface area contributed by atoms with Gasteiger partial charge >= 0.3 is 0 Å². The first-order chi connectivity index (χ1) is 9.15. The number of amides is 1. The molecule has 19 heavy (non-hydrogen) atoms. The lowest BCUT2D eigenvalue weighted by molar-refractivity contribution is 0.0740. The number of halogens is 1. The van der Waals surface area contributed by atoms with Gasteiger partial charge in [0.1, 0.15) is 5.69 Å². The smallest absolute Gasteiger partial charge is 0.267 e. The third-order valence-electron chi connectivity index (χ3n) is 3.32. The number of rotatable bonds is 5. The molecule has 2 N–H and O–H groups in total. The number of aromatic amines is 1. The minimum absolute atomic E-state index is 0.0479. The van der Waals surface area contributed by atoms with Gasteiger partial charge in [-0.25, -0.2) is 0 Å². The van der Waals surface area contributed by atoms with Crippen molar-refractivity contribution in [3.8, 4) is 0 Å². The Morgan fingerprint density at radius 1 is 1.58 bits per heavy atom. The number of carbonyl (C=O) groups excluding carboxylic acids is 1. The highest BCUT2D eigenvalue weighted by molar-refractivity contribution is 9.10. The first-order valence-corrected chi connectivity index (χ1v) is 8.27. The number of hydrogen-bond donors (Lipinski definition) is 2. The van der Waals surface area contributed by atoms with Gasteiger partial charge in [0.25, 0.3) is 5.91 Å². The number of nitrogens with one attached hydrogen (secondary N) is 2. The van der Waals surface area contributed by atoms with Crippen LogP contribution in [-0.2, 0) is 4.74 Å². The number of thioether (sulfide) groups is 1. The molecule has 0 atom stereocenters. The second-order valence-electron chi connectivity index (χ2n) is 4.64. The molecule has 106 valence electrons. The van der Waals surface area contributed by atoms with Gasteiger partial charge in [-0.1, -0.05) is 6.92 Å². The SMILES string of the molecule is CCSC1(CNC(=O)c2cc(Br)c[nH]2)CCOCC1. The normalized spacial score (nSPS) is 18.2. The van der Waals surface area contributed by atoms with E-state index in [2.05, 4.69) is 33.2 Å². The lowest BCUT2D eigenvalue weighted by atomic mass is 9.99. The van der Waals surface area contributed by atoms with Crippen molar-refractivity contribution >= 4 is 33.6 Å². The van der Waals surface area contributed by atoms with E-state index >= 15 is 0 Å². The molecule has 0 spiro atoms. The van der Waals surface area contributed by atoms with E-state index in [-0.39, 0.29) is 10.7 Å². The summed E-state index contributed by atoms with van der Waals surface area (Å²) < 4.78 is 6.45. The Balaban J connectivity index is 1.93. The molecule has 1 saturated heterocycles. The fourth-order valence-corrected chi connectivity index (χ4v) is 3.84. The van der Waals surface area contributed by atoms with Crippen molar-refractivity contribution in [3.63, 3.8) is 0 Å². The van der Waals surface area contributed by atoms with Gasteiger partial charge in [-0.2, -0.15) is 11.8 Å². The highest BCUT2D eigenvalue weighted by Gasteiger charge is 2.33. The maximum Gasteiger partial charge on any atom is 0.267 e. The second kappa shape index (κ2) is 6.81. The van der Waals surface area contributed by atoms with E-state index in [1.165, 1.54) is 0 Å². The summed E-state index contributed by atoms with van der Waals surface area (Å²) in [5.74, 6) is 1.01. The summed E-state index contributed by atoms with van der Waals surface area (Å²) in [4.78, 5) is 15.0. The van der Waals surface area contributed by atoms with Crippen LogP contribution in [-0.4, -0.2) is 41.1 Å². The molecular formula is C13H19BrN2O2S. The van der Waals surface area contributed by atoms with Crippen molar-refractivity contribution in [3.05, 3.63) is 22.4 Å². The van der Waals surface area contributed by atoms with Crippen LogP contribution >= 0.6 is 27.7 Å². The topological polar surface area (TPSA) is 54.1 Å². The number of hydrogen-bond acceptors (Lipinski definition) is 3. The molecule has 6 heteroatoms. The van der Waals surface area contributed by atoms with E-state index < -0.39 is 0 Å². The quantitative estimate of drug-likeness (QED) is 0.861. The van der Waals surface area contributed by atoms with Crippen LogP contribution in [0.4, 0.5) is 0 Å². The Morgan fingerprint density at radius 2 is 2.32 bits per heavy atom. The molecule has 2 heterocycles. The summed E-state index contributed by atoms with van der Waals surface area (Å²) in [6.07, 6.45) is 3.76. The first-order valence-electron chi connectivity index (χ1n) is 6.49. The second-order valence-corrected chi connectivity index (χ2v) is 7.29. The van der Waals surface area contributed by atoms with Crippen molar-refractivity contribution in [1.82, 2.24) is 10.3 Å². The minimum atomic E-state index is -0.0479. The molecule has 1 fully saturated rings. The predicted molar refractivity (Wildman–Crippen MR) is 81.7 cm³/mol. The average Bonchev–Trinajstić information content (AvgIpc) is 2.84. The van der Waals surface area contributed by atoms with Crippen LogP contribution < -0.4 is 5.32 Å². The molecule has 1 aliphatic rings. The van der Waals surface area contributed by atoms with Gasteiger partial charge in [0.15, 0.2) is 0 Å². The van der Waals surface area contributed by atoms with Crippen molar-refractivity contribution < 1.29 is 9.53 Å². The summed E-state index contributed by atoms with van der Waals surface area (Å²) in [5, 5.41) is 3.04. The van der Waals surface area contributed by atoms with Crippen LogP contribution in [0.15, 0.2) is 16.7 Å². The number of H-pyrrole nitrogens is 1. The molecule has 0 bridgehead atoms.